The lowest BCUT2D eigenvalue weighted by Gasteiger charge is -2.36. The molecule has 0 radical (unpaired) electrons. The second-order valence-electron chi connectivity index (χ2n) is 7.44. The van der Waals surface area contributed by atoms with Gasteiger partial charge in [-0.2, -0.15) is 5.26 Å². The maximum atomic E-state index is 14.3. The number of aliphatic hydroxyl groups is 1. The van der Waals surface area contributed by atoms with E-state index in [1.165, 1.54) is 18.2 Å². The third kappa shape index (κ3) is 2.62. The quantitative estimate of drug-likeness (QED) is 0.741. The molecule has 0 saturated heterocycles. The van der Waals surface area contributed by atoms with E-state index < -0.39 is 17.7 Å². The van der Waals surface area contributed by atoms with Crippen LogP contribution in [-0.4, -0.2) is 44.2 Å². The molecule has 3 heterocycles. The van der Waals surface area contributed by atoms with E-state index in [0.717, 1.165) is 19.0 Å². The number of carbonyl (C=O) groups is 1. The zero-order valence-electron chi connectivity index (χ0n) is 15.3. The molecular weight excluding hydrogens is 378 g/mol. The molecule has 1 aromatic carbocycles. The van der Waals surface area contributed by atoms with Gasteiger partial charge in [0, 0.05) is 24.2 Å². The molecule has 29 heavy (non-hydrogen) atoms. The van der Waals surface area contributed by atoms with Gasteiger partial charge in [-0.25, -0.2) is 8.78 Å². The van der Waals surface area contributed by atoms with Crippen LogP contribution in [0.1, 0.15) is 28.9 Å². The second-order valence-corrected chi connectivity index (χ2v) is 7.44. The van der Waals surface area contributed by atoms with E-state index in [-0.39, 0.29) is 24.1 Å². The second kappa shape index (κ2) is 6.36. The molecule has 2 aliphatic rings. The van der Waals surface area contributed by atoms with Gasteiger partial charge >= 0.3 is 0 Å². The molecule has 3 aromatic rings. The minimum absolute atomic E-state index is 0.0710. The summed E-state index contributed by atoms with van der Waals surface area (Å²) >= 11 is 0. The smallest absolute Gasteiger partial charge is 0.271 e. The van der Waals surface area contributed by atoms with Crippen molar-refractivity contribution >= 4 is 16.9 Å². The van der Waals surface area contributed by atoms with E-state index in [9.17, 15) is 18.7 Å². The van der Waals surface area contributed by atoms with E-state index in [4.69, 9.17) is 5.26 Å². The van der Waals surface area contributed by atoms with Crippen LogP contribution in [0, 0.1) is 23.0 Å². The first-order valence-corrected chi connectivity index (χ1v) is 9.34. The molecule has 1 aliphatic heterocycles. The van der Waals surface area contributed by atoms with Crippen molar-refractivity contribution in [2.24, 2.45) is 0 Å². The summed E-state index contributed by atoms with van der Waals surface area (Å²) in [6.07, 6.45) is 2.80. The molecule has 6 nitrogen and oxygen atoms in total. The number of rotatable bonds is 3. The minimum atomic E-state index is -0.698. The van der Waals surface area contributed by atoms with Gasteiger partial charge in [-0.15, -0.1) is 0 Å². The molecule has 5 rings (SSSR count). The summed E-state index contributed by atoms with van der Waals surface area (Å²) in [4.78, 5) is 19.3. The molecule has 1 N–H and O–H groups in total. The molecule has 0 spiro atoms. The normalized spacial score (nSPS) is 18.8. The lowest BCUT2D eigenvalue weighted by atomic mass is 10.0. The fourth-order valence-electron chi connectivity index (χ4n) is 4.19. The van der Waals surface area contributed by atoms with Gasteiger partial charge in [0.25, 0.3) is 5.91 Å². The van der Waals surface area contributed by atoms with E-state index in [1.54, 1.807) is 21.6 Å². The standard InChI is InChI=1S/C21H16F2N4O2/c22-13-6-17-19(25-8-13)18(11-1-2-12(7-24)16(23)5-11)20-21(29)27(14-3-4-14)15(10-28)9-26(17)20/h1-2,5-6,8,14-15,28H,3-4,9-10H2/t15-/m0/s1. The van der Waals surface area contributed by atoms with Gasteiger partial charge in [0.15, 0.2) is 0 Å². The Hall–Kier alpha value is -3.31. The number of benzene rings is 1. The number of carbonyl (C=O) groups excluding carboxylic acids is 1. The number of hydrogen-bond acceptors (Lipinski definition) is 4. The largest absolute Gasteiger partial charge is 0.394 e. The number of hydrogen-bond donors (Lipinski definition) is 1. The molecule has 1 atom stereocenters. The summed E-state index contributed by atoms with van der Waals surface area (Å²) in [6.45, 7) is 0.0966. The number of halogens is 2. The van der Waals surface area contributed by atoms with Crippen molar-refractivity contribution in [2.75, 3.05) is 6.61 Å². The van der Waals surface area contributed by atoms with Crippen LogP contribution < -0.4 is 0 Å². The van der Waals surface area contributed by atoms with Crippen molar-refractivity contribution in [3.8, 4) is 17.2 Å². The lowest BCUT2D eigenvalue weighted by Crippen LogP contribution is -2.50. The first-order valence-electron chi connectivity index (χ1n) is 9.34. The van der Waals surface area contributed by atoms with Crippen LogP contribution in [0.5, 0.6) is 0 Å². The molecule has 0 bridgehead atoms. The molecule has 146 valence electrons. The van der Waals surface area contributed by atoms with E-state index in [2.05, 4.69) is 4.98 Å². The van der Waals surface area contributed by atoms with Crippen LogP contribution in [0.3, 0.4) is 0 Å². The Morgan fingerprint density at radius 3 is 2.72 bits per heavy atom. The van der Waals surface area contributed by atoms with Gasteiger partial charge in [0.05, 0.1) is 35.4 Å². The molecule has 1 aliphatic carbocycles. The monoisotopic (exact) mass is 394 g/mol. The van der Waals surface area contributed by atoms with E-state index >= 15 is 0 Å². The summed E-state index contributed by atoms with van der Waals surface area (Å²) < 4.78 is 30.0. The van der Waals surface area contributed by atoms with Gasteiger partial charge in [0.2, 0.25) is 0 Å². The first-order chi connectivity index (χ1) is 14.0. The van der Waals surface area contributed by atoms with Crippen molar-refractivity contribution in [2.45, 2.75) is 31.5 Å². The maximum absolute atomic E-state index is 14.3. The molecule has 0 unspecified atom stereocenters. The summed E-state index contributed by atoms with van der Waals surface area (Å²) in [5.74, 6) is -1.53. The summed E-state index contributed by atoms with van der Waals surface area (Å²) in [5, 5.41) is 18.9. The van der Waals surface area contributed by atoms with Crippen molar-refractivity contribution in [3.63, 3.8) is 0 Å². The average molecular weight is 394 g/mol. The van der Waals surface area contributed by atoms with Crippen molar-refractivity contribution < 1.29 is 18.7 Å². The summed E-state index contributed by atoms with van der Waals surface area (Å²) in [5.41, 5.74) is 1.81. The Kier molecular flexibility index (Phi) is 3.89. The maximum Gasteiger partial charge on any atom is 0.271 e. The number of pyridine rings is 1. The highest BCUT2D eigenvalue weighted by molar-refractivity contribution is 6.09. The molecular formula is C21H16F2N4O2. The number of fused-ring (bicyclic) bond motifs is 3. The highest BCUT2D eigenvalue weighted by atomic mass is 19.1. The Morgan fingerprint density at radius 2 is 2.07 bits per heavy atom. The number of aromatic nitrogens is 2. The third-order valence-corrected chi connectivity index (χ3v) is 5.62. The molecule has 8 heteroatoms. The van der Waals surface area contributed by atoms with Crippen molar-refractivity contribution in [1.82, 2.24) is 14.5 Å². The molecule has 1 saturated carbocycles. The SMILES string of the molecule is N#Cc1ccc(-c2c3n(c4cc(F)cnc24)C[C@@H](CO)N(C2CC2)C3=O)cc1F. The Bertz CT molecular complexity index is 1210. The predicted octanol–water partition coefficient (Wildman–Crippen LogP) is 2.83. The van der Waals surface area contributed by atoms with Crippen LogP contribution in [0.4, 0.5) is 8.78 Å². The first kappa shape index (κ1) is 17.8. The topological polar surface area (TPSA) is 82.2 Å². The van der Waals surface area contributed by atoms with Gasteiger partial charge in [-0.3, -0.25) is 9.78 Å². The Morgan fingerprint density at radius 1 is 1.28 bits per heavy atom. The highest BCUT2D eigenvalue weighted by Gasteiger charge is 2.43. The number of amides is 1. The van der Waals surface area contributed by atoms with Crippen molar-refractivity contribution in [1.29, 1.82) is 5.26 Å². The molecule has 2 aromatic heterocycles. The van der Waals surface area contributed by atoms with Crippen molar-refractivity contribution in [3.05, 3.63) is 53.4 Å². The van der Waals surface area contributed by atoms with Gasteiger partial charge in [-0.05, 0) is 30.5 Å². The van der Waals surface area contributed by atoms with Gasteiger partial charge in [0.1, 0.15) is 23.4 Å². The number of aliphatic hydroxyl groups excluding tert-OH is 1. The van der Waals surface area contributed by atoms with Gasteiger partial charge in [-0.1, -0.05) is 6.07 Å². The summed E-state index contributed by atoms with van der Waals surface area (Å²) in [7, 11) is 0. The van der Waals surface area contributed by atoms with E-state index in [0.29, 0.717) is 34.4 Å². The Balaban J connectivity index is 1.80. The average Bonchev–Trinajstić information content (AvgIpc) is 3.49. The highest BCUT2D eigenvalue weighted by Crippen LogP contribution is 2.41. The van der Waals surface area contributed by atoms with Crippen LogP contribution >= 0.6 is 0 Å². The number of nitriles is 1. The summed E-state index contributed by atoms with van der Waals surface area (Å²) in [6, 6.07) is 6.85. The van der Waals surface area contributed by atoms with Crippen LogP contribution in [0.25, 0.3) is 22.2 Å². The van der Waals surface area contributed by atoms with E-state index in [1.807, 2.05) is 0 Å². The van der Waals surface area contributed by atoms with Crippen LogP contribution in [0.2, 0.25) is 0 Å². The molecule has 1 fully saturated rings. The molecule has 1 amide bonds. The zero-order chi connectivity index (χ0) is 20.3. The van der Waals surface area contributed by atoms with Crippen LogP contribution in [-0.2, 0) is 6.54 Å². The predicted molar refractivity (Wildman–Crippen MR) is 99.9 cm³/mol. The fraction of sp³-hybridized carbons (Fsp3) is 0.286. The van der Waals surface area contributed by atoms with Crippen LogP contribution in [0.15, 0.2) is 30.5 Å². The number of nitrogens with zero attached hydrogens (tertiary/aromatic N) is 4. The lowest BCUT2D eigenvalue weighted by molar-refractivity contribution is 0.0466. The zero-order valence-corrected chi connectivity index (χ0v) is 15.3. The third-order valence-electron chi connectivity index (χ3n) is 5.62. The minimum Gasteiger partial charge on any atom is -0.394 e. The van der Waals surface area contributed by atoms with Gasteiger partial charge < -0.3 is 14.6 Å². The fourth-order valence-corrected chi connectivity index (χ4v) is 4.19. The Labute approximate surface area is 164 Å².